The molecule has 0 amide bonds. The second-order valence-electron chi connectivity index (χ2n) is 3.95. The van der Waals surface area contributed by atoms with E-state index in [4.69, 9.17) is 4.74 Å². The molecule has 1 unspecified atom stereocenters. The van der Waals surface area contributed by atoms with Crippen LogP contribution in [0.3, 0.4) is 0 Å². The van der Waals surface area contributed by atoms with Crippen LogP contribution in [0, 0.1) is 0 Å². The zero-order chi connectivity index (χ0) is 13.1. The van der Waals surface area contributed by atoms with E-state index >= 15 is 0 Å². The number of hydrogen-bond acceptors (Lipinski definition) is 5. The van der Waals surface area contributed by atoms with Gasteiger partial charge in [0.05, 0.1) is 19.0 Å². The Morgan fingerprint density at radius 1 is 1.35 bits per heavy atom. The fourth-order valence-electron chi connectivity index (χ4n) is 1.12. The van der Waals surface area contributed by atoms with E-state index in [1.54, 1.807) is 0 Å². The minimum Gasteiger partial charge on any atom is -0.389 e. The molecule has 0 saturated carbocycles. The van der Waals surface area contributed by atoms with Crippen molar-refractivity contribution < 1.29 is 18.3 Å². The zero-order valence-corrected chi connectivity index (χ0v) is 11.4. The quantitative estimate of drug-likeness (QED) is 0.431. The fourth-order valence-corrected chi connectivity index (χ4v) is 1.59. The summed E-state index contributed by atoms with van der Waals surface area (Å²) in [6.07, 6.45) is 2.64. The van der Waals surface area contributed by atoms with E-state index < -0.39 is 16.1 Å². The summed E-state index contributed by atoms with van der Waals surface area (Å²) >= 11 is 0. The number of ether oxygens (including phenoxy) is 1. The topological polar surface area (TPSA) is 87.7 Å². The molecule has 0 heterocycles. The molecule has 0 fully saturated rings. The third-order valence-electron chi connectivity index (χ3n) is 2.00. The number of unbranched alkanes of at least 4 members (excludes halogenated alkanes) is 1. The number of rotatable bonds is 11. The largest absolute Gasteiger partial charge is 0.389 e. The van der Waals surface area contributed by atoms with Crippen molar-refractivity contribution in [2.75, 3.05) is 39.1 Å². The second kappa shape index (κ2) is 9.78. The highest BCUT2D eigenvalue weighted by Crippen LogP contribution is 1.90. The molecular formula is C10H24N2O4S. The Hall–Kier alpha value is -0.210. The number of aliphatic hydroxyl groups excluding tert-OH is 1. The summed E-state index contributed by atoms with van der Waals surface area (Å²) in [4.78, 5) is 0. The average Bonchev–Trinajstić information content (AvgIpc) is 2.22. The summed E-state index contributed by atoms with van der Waals surface area (Å²) < 4.78 is 29.0. The Morgan fingerprint density at radius 2 is 2.06 bits per heavy atom. The van der Waals surface area contributed by atoms with Crippen LogP contribution in [0.4, 0.5) is 0 Å². The molecule has 0 rings (SSSR count). The van der Waals surface area contributed by atoms with E-state index in [0.717, 1.165) is 19.1 Å². The van der Waals surface area contributed by atoms with Gasteiger partial charge >= 0.3 is 0 Å². The van der Waals surface area contributed by atoms with Gasteiger partial charge in [0, 0.05) is 26.2 Å². The van der Waals surface area contributed by atoms with Crippen LogP contribution >= 0.6 is 0 Å². The average molecular weight is 268 g/mol. The molecule has 17 heavy (non-hydrogen) atoms. The first kappa shape index (κ1) is 16.8. The molecule has 0 aliphatic heterocycles. The van der Waals surface area contributed by atoms with Crippen molar-refractivity contribution in [3.05, 3.63) is 0 Å². The lowest BCUT2D eigenvalue weighted by Crippen LogP contribution is -2.36. The van der Waals surface area contributed by atoms with Crippen molar-refractivity contribution in [1.29, 1.82) is 0 Å². The van der Waals surface area contributed by atoms with E-state index in [2.05, 4.69) is 17.0 Å². The maximum atomic E-state index is 10.7. The van der Waals surface area contributed by atoms with E-state index in [9.17, 15) is 13.5 Å². The van der Waals surface area contributed by atoms with E-state index in [1.165, 1.54) is 0 Å². The maximum Gasteiger partial charge on any atom is 0.208 e. The molecule has 7 heteroatoms. The van der Waals surface area contributed by atoms with Gasteiger partial charge in [0.2, 0.25) is 10.0 Å². The van der Waals surface area contributed by atoms with Gasteiger partial charge in [0.1, 0.15) is 0 Å². The van der Waals surface area contributed by atoms with Crippen molar-refractivity contribution in [2.24, 2.45) is 0 Å². The summed E-state index contributed by atoms with van der Waals surface area (Å²) in [5.74, 6) is 0. The summed E-state index contributed by atoms with van der Waals surface area (Å²) in [6, 6.07) is 0. The number of sulfonamides is 1. The minimum atomic E-state index is -3.12. The standard InChI is InChI=1S/C10H24N2O4S/c1-3-4-7-16-9-10(13)8-11-5-6-12-17(2,14)15/h10-13H,3-9H2,1-2H3. The summed E-state index contributed by atoms with van der Waals surface area (Å²) in [5, 5.41) is 12.4. The van der Waals surface area contributed by atoms with Crippen LogP contribution in [0.25, 0.3) is 0 Å². The monoisotopic (exact) mass is 268 g/mol. The van der Waals surface area contributed by atoms with Gasteiger partial charge in [-0.25, -0.2) is 13.1 Å². The summed E-state index contributed by atoms with van der Waals surface area (Å²) in [6.45, 7) is 4.27. The number of aliphatic hydroxyl groups is 1. The van der Waals surface area contributed by atoms with Crippen LogP contribution in [0.1, 0.15) is 19.8 Å². The fraction of sp³-hybridized carbons (Fsp3) is 1.00. The van der Waals surface area contributed by atoms with Crippen molar-refractivity contribution in [1.82, 2.24) is 10.0 Å². The second-order valence-corrected chi connectivity index (χ2v) is 5.79. The molecule has 6 nitrogen and oxygen atoms in total. The number of hydrogen-bond donors (Lipinski definition) is 3. The Labute approximate surface area is 104 Å². The Bertz CT molecular complexity index is 269. The molecule has 0 aliphatic rings. The smallest absolute Gasteiger partial charge is 0.208 e. The van der Waals surface area contributed by atoms with Gasteiger partial charge < -0.3 is 15.2 Å². The van der Waals surface area contributed by atoms with Crippen LogP contribution in [0.2, 0.25) is 0 Å². The predicted octanol–water partition coefficient (Wildman–Crippen LogP) is -0.697. The van der Waals surface area contributed by atoms with Crippen LogP contribution in [0.15, 0.2) is 0 Å². The Balaban J connectivity index is 3.30. The van der Waals surface area contributed by atoms with Gasteiger partial charge in [-0.2, -0.15) is 0 Å². The maximum absolute atomic E-state index is 10.7. The van der Waals surface area contributed by atoms with Crippen LogP contribution in [0.5, 0.6) is 0 Å². The molecule has 104 valence electrons. The molecule has 3 N–H and O–H groups in total. The first-order valence-electron chi connectivity index (χ1n) is 5.87. The molecule has 0 aromatic rings. The van der Waals surface area contributed by atoms with Gasteiger partial charge in [0.25, 0.3) is 0 Å². The lowest BCUT2D eigenvalue weighted by atomic mass is 10.3. The lowest BCUT2D eigenvalue weighted by Gasteiger charge is -2.12. The van der Waals surface area contributed by atoms with Gasteiger partial charge in [0.15, 0.2) is 0 Å². The van der Waals surface area contributed by atoms with Gasteiger partial charge in [-0.1, -0.05) is 13.3 Å². The SMILES string of the molecule is CCCCOCC(O)CNCCNS(C)(=O)=O. The van der Waals surface area contributed by atoms with Gasteiger partial charge in [-0.15, -0.1) is 0 Å². The molecule has 0 radical (unpaired) electrons. The van der Waals surface area contributed by atoms with Crippen LogP contribution in [-0.2, 0) is 14.8 Å². The Kier molecular flexibility index (Phi) is 9.66. The molecule has 0 aromatic carbocycles. The molecule has 0 spiro atoms. The van der Waals surface area contributed by atoms with Crippen molar-refractivity contribution in [3.63, 3.8) is 0 Å². The van der Waals surface area contributed by atoms with Gasteiger partial charge in [-0.05, 0) is 6.42 Å². The third-order valence-corrected chi connectivity index (χ3v) is 2.73. The first-order valence-corrected chi connectivity index (χ1v) is 7.76. The predicted molar refractivity (Wildman–Crippen MR) is 67.5 cm³/mol. The molecule has 0 saturated heterocycles. The minimum absolute atomic E-state index is 0.312. The van der Waals surface area contributed by atoms with E-state index in [-0.39, 0.29) is 0 Å². The Morgan fingerprint density at radius 3 is 2.65 bits per heavy atom. The van der Waals surface area contributed by atoms with Crippen LogP contribution < -0.4 is 10.0 Å². The highest BCUT2D eigenvalue weighted by atomic mass is 32.2. The van der Waals surface area contributed by atoms with Gasteiger partial charge in [-0.3, -0.25) is 0 Å². The van der Waals surface area contributed by atoms with E-state index in [0.29, 0.717) is 32.8 Å². The van der Waals surface area contributed by atoms with E-state index in [1.807, 2.05) is 0 Å². The molecule has 0 bridgehead atoms. The highest BCUT2D eigenvalue weighted by Gasteiger charge is 2.03. The number of nitrogens with one attached hydrogen (secondary N) is 2. The lowest BCUT2D eigenvalue weighted by molar-refractivity contribution is 0.0361. The molecule has 0 aromatic heterocycles. The first-order chi connectivity index (χ1) is 7.95. The third kappa shape index (κ3) is 13.7. The van der Waals surface area contributed by atoms with Crippen molar-refractivity contribution >= 4 is 10.0 Å². The molecule has 0 aliphatic carbocycles. The molecule has 1 atom stereocenters. The zero-order valence-electron chi connectivity index (χ0n) is 10.6. The normalized spacial score (nSPS) is 13.8. The highest BCUT2D eigenvalue weighted by molar-refractivity contribution is 7.88. The summed E-state index contributed by atoms with van der Waals surface area (Å²) in [7, 11) is -3.12. The molecular weight excluding hydrogens is 244 g/mol. The van der Waals surface area contributed by atoms with Crippen molar-refractivity contribution in [2.45, 2.75) is 25.9 Å². The van der Waals surface area contributed by atoms with Crippen LogP contribution in [-0.4, -0.2) is 58.7 Å². The summed E-state index contributed by atoms with van der Waals surface area (Å²) in [5.41, 5.74) is 0. The van der Waals surface area contributed by atoms with Crippen molar-refractivity contribution in [3.8, 4) is 0 Å².